The first-order valence-corrected chi connectivity index (χ1v) is 8.16. The fraction of sp³-hybridized carbons (Fsp3) is 0.579. The molecule has 0 aromatic rings. The van der Waals surface area contributed by atoms with Gasteiger partial charge in [0.1, 0.15) is 0 Å². The Kier molecular flexibility index (Phi) is 13.1. The van der Waals surface area contributed by atoms with Crippen molar-refractivity contribution in [1.29, 1.82) is 0 Å². The highest BCUT2D eigenvalue weighted by molar-refractivity contribution is 4.89. The van der Waals surface area contributed by atoms with E-state index in [-0.39, 0.29) is 0 Å². The Labute approximate surface area is 132 Å². The topological polar surface area (TPSA) is 6.48 Å². The molecule has 0 N–H and O–H groups in total. The van der Waals surface area contributed by atoms with Crippen LogP contribution in [0, 0.1) is 0 Å². The maximum Gasteiger partial charge on any atom is 0.0633 e. The van der Waals surface area contributed by atoms with E-state index < -0.39 is 0 Å². The van der Waals surface area contributed by atoms with Gasteiger partial charge in [0, 0.05) is 26.2 Å². The van der Waals surface area contributed by atoms with Crippen molar-refractivity contribution in [2.45, 2.75) is 45.2 Å². The third kappa shape index (κ3) is 8.69. The third-order valence-corrected chi connectivity index (χ3v) is 3.61. The van der Waals surface area contributed by atoms with Gasteiger partial charge < -0.3 is 0 Å². The van der Waals surface area contributed by atoms with Gasteiger partial charge in [0.25, 0.3) is 0 Å². The molecule has 0 bridgehead atoms. The van der Waals surface area contributed by atoms with E-state index in [1.807, 2.05) is 24.3 Å². The van der Waals surface area contributed by atoms with Crippen molar-refractivity contribution < 1.29 is 0 Å². The van der Waals surface area contributed by atoms with E-state index in [2.05, 4.69) is 43.0 Å². The van der Waals surface area contributed by atoms with Crippen molar-refractivity contribution in [2.24, 2.45) is 0 Å². The Morgan fingerprint density at radius 3 is 1.48 bits per heavy atom. The highest BCUT2D eigenvalue weighted by Gasteiger charge is 2.21. The minimum atomic E-state index is 0.397. The summed E-state index contributed by atoms with van der Waals surface area (Å²) in [6.45, 7) is 21.4. The summed E-state index contributed by atoms with van der Waals surface area (Å²) in [5, 5.41) is 0. The molecule has 2 heteroatoms. The van der Waals surface area contributed by atoms with Crippen LogP contribution in [-0.4, -0.2) is 42.1 Å². The van der Waals surface area contributed by atoms with Crippen LogP contribution in [0.2, 0.25) is 0 Å². The molecule has 0 radical (unpaired) electrons. The first kappa shape index (κ1) is 19.9. The number of hydrogen-bond acceptors (Lipinski definition) is 2. The van der Waals surface area contributed by atoms with Crippen molar-refractivity contribution in [3.05, 3.63) is 50.6 Å². The molecule has 0 heterocycles. The van der Waals surface area contributed by atoms with E-state index in [1.54, 1.807) is 0 Å². The van der Waals surface area contributed by atoms with Crippen molar-refractivity contribution in [2.75, 3.05) is 26.2 Å². The molecule has 0 aromatic heterocycles. The summed E-state index contributed by atoms with van der Waals surface area (Å²) in [6, 6.07) is 0. The van der Waals surface area contributed by atoms with E-state index in [1.165, 1.54) is 32.1 Å². The van der Waals surface area contributed by atoms with Gasteiger partial charge in [-0.15, -0.1) is 26.3 Å². The van der Waals surface area contributed by atoms with Crippen LogP contribution in [0.1, 0.15) is 39.0 Å². The minimum absolute atomic E-state index is 0.397. The largest absolute Gasteiger partial charge is 0.280 e. The van der Waals surface area contributed by atoms with Gasteiger partial charge in [-0.1, -0.05) is 56.9 Å². The lowest BCUT2D eigenvalue weighted by Gasteiger charge is -2.38. The Morgan fingerprint density at radius 2 is 1.14 bits per heavy atom. The molecular formula is C19H34N2. The summed E-state index contributed by atoms with van der Waals surface area (Å²) in [5.74, 6) is 0. The maximum atomic E-state index is 3.89. The lowest BCUT2D eigenvalue weighted by Crippen LogP contribution is -2.48. The summed E-state index contributed by atoms with van der Waals surface area (Å²) in [4.78, 5) is 4.86. The highest BCUT2D eigenvalue weighted by Crippen LogP contribution is 2.16. The van der Waals surface area contributed by atoms with Crippen LogP contribution in [-0.2, 0) is 0 Å². The highest BCUT2D eigenvalue weighted by atomic mass is 15.3. The predicted octanol–water partition coefficient (Wildman–Crippen LogP) is 4.63. The Hall–Kier alpha value is -1.12. The summed E-state index contributed by atoms with van der Waals surface area (Å²) < 4.78 is 0. The second-order valence-electron chi connectivity index (χ2n) is 5.39. The van der Waals surface area contributed by atoms with Crippen LogP contribution in [0.15, 0.2) is 50.6 Å². The van der Waals surface area contributed by atoms with Gasteiger partial charge >= 0.3 is 0 Å². The van der Waals surface area contributed by atoms with Crippen LogP contribution in [0.5, 0.6) is 0 Å². The monoisotopic (exact) mass is 290 g/mol. The Morgan fingerprint density at radius 1 is 0.714 bits per heavy atom. The molecule has 120 valence electrons. The van der Waals surface area contributed by atoms with Crippen LogP contribution < -0.4 is 0 Å². The molecule has 0 unspecified atom stereocenters. The second kappa shape index (κ2) is 13.8. The fourth-order valence-electron chi connectivity index (χ4n) is 2.65. The molecule has 0 fully saturated rings. The quantitative estimate of drug-likeness (QED) is 0.246. The van der Waals surface area contributed by atoms with E-state index in [4.69, 9.17) is 0 Å². The lowest BCUT2D eigenvalue weighted by molar-refractivity contribution is 0.0676. The lowest BCUT2D eigenvalue weighted by atomic mass is 10.1. The zero-order valence-electron chi connectivity index (χ0n) is 14.0. The molecule has 0 aliphatic carbocycles. The zero-order chi connectivity index (χ0) is 15.9. The van der Waals surface area contributed by atoms with Crippen molar-refractivity contribution in [1.82, 2.24) is 9.80 Å². The summed E-state index contributed by atoms with van der Waals surface area (Å²) >= 11 is 0. The number of unbranched alkanes of at least 4 members (excludes halogenated alkanes) is 3. The van der Waals surface area contributed by atoms with Crippen LogP contribution in [0.3, 0.4) is 0 Å². The molecule has 0 aliphatic rings. The molecule has 0 atom stereocenters. The van der Waals surface area contributed by atoms with Crippen LogP contribution >= 0.6 is 0 Å². The van der Waals surface area contributed by atoms with Gasteiger partial charge in [-0.2, -0.15) is 0 Å². The van der Waals surface area contributed by atoms with E-state index in [0.29, 0.717) is 6.17 Å². The third-order valence-electron chi connectivity index (χ3n) is 3.61. The molecule has 2 nitrogen and oxygen atoms in total. The SMILES string of the molecule is C=CCN(CC=C)C(CCCCCC)N(CC=C)CC=C. The molecule has 0 amide bonds. The van der Waals surface area contributed by atoms with Crippen LogP contribution in [0.4, 0.5) is 0 Å². The molecule has 0 aromatic carbocycles. The average molecular weight is 290 g/mol. The van der Waals surface area contributed by atoms with E-state index in [9.17, 15) is 0 Å². The summed E-state index contributed by atoms with van der Waals surface area (Å²) in [7, 11) is 0. The first-order chi connectivity index (χ1) is 10.2. The van der Waals surface area contributed by atoms with Crippen LogP contribution in [0.25, 0.3) is 0 Å². The molecule has 0 aliphatic heterocycles. The Balaban J connectivity index is 4.88. The number of nitrogens with zero attached hydrogens (tertiary/aromatic N) is 2. The smallest absolute Gasteiger partial charge is 0.0633 e. The number of rotatable bonds is 15. The zero-order valence-corrected chi connectivity index (χ0v) is 14.0. The van der Waals surface area contributed by atoms with Gasteiger partial charge in [0.15, 0.2) is 0 Å². The van der Waals surface area contributed by atoms with Crippen molar-refractivity contribution in [3.8, 4) is 0 Å². The van der Waals surface area contributed by atoms with Crippen molar-refractivity contribution >= 4 is 0 Å². The first-order valence-electron chi connectivity index (χ1n) is 8.16. The molecule has 21 heavy (non-hydrogen) atoms. The van der Waals surface area contributed by atoms with Gasteiger partial charge in [0.2, 0.25) is 0 Å². The van der Waals surface area contributed by atoms with E-state index >= 15 is 0 Å². The molecular weight excluding hydrogens is 256 g/mol. The summed E-state index contributed by atoms with van der Waals surface area (Å²) in [6.07, 6.45) is 14.6. The van der Waals surface area contributed by atoms with Gasteiger partial charge in [-0.3, -0.25) is 9.80 Å². The molecule has 0 rings (SSSR count). The van der Waals surface area contributed by atoms with E-state index in [0.717, 1.165) is 26.2 Å². The standard InChI is InChI=1S/C19H34N2/c1-6-11-12-13-14-19(20(15-7-2)16-8-3)21(17-9-4)18-10-5/h7-10,19H,2-6,11-18H2,1H3. The molecule has 0 saturated carbocycles. The number of hydrogen-bond donors (Lipinski definition) is 0. The molecule has 0 saturated heterocycles. The fourth-order valence-corrected chi connectivity index (χ4v) is 2.65. The van der Waals surface area contributed by atoms with Crippen molar-refractivity contribution in [3.63, 3.8) is 0 Å². The maximum absolute atomic E-state index is 3.89. The van der Waals surface area contributed by atoms with Gasteiger partial charge in [-0.05, 0) is 6.42 Å². The van der Waals surface area contributed by atoms with Gasteiger partial charge in [0.05, 0.1) is 6.17 Å². The predicted molar refractivity (Wildman–Crippen MR) is 96.5 cm³/mol. The normalized spacial score (nSPS) is 11.0. The van der Waals surface area contributed by atoms with Gasteiger partial charge in [-0.25, -0.2) is 0 Å². The Bertz CT molecular complexity index is 252. The minimum Gasteiger partial charge on any atom is -0.280 e. The summed E-state index contributed by atoms with van der Waals surface area (Å²) in [5.41, 5.74) is 0. The molecule has 0 spiro atoms. The second-order valence-corrected chi connectivity index (χ2v) is 5.39. The average Bonchev–Trinajstić information content (AvgIpc) is 2.47.